The second kappa shape index (κ2) is 10.1. The summed E-state index contributed by atoms with van der Waals surface area (Å²) >= 11 is 0. The number of nitrogens with one attached hydrogen (secondary N) is 1. The number of rotatable bonds is 10. The molecule has 1 N–H and O–H groups in total. The first kappa shape index (κ1) is 18.2. The lowest BCUT2D eigenvalue weighted by molar-refractivity contribution is 0.616. The van der Waals surface area contributed by atoms with E-state index < -0.39 is 0 Å². The predicted octanol–water partition coefficient (Wildman–Crippen LogP) is 5.33. The lowest BCUT2D eigenvalue weighted by Crippen LogP contribution is -2.27. The molecule has 0 aromatic heterocycles. The molecule has 20 heavy (non-hydrogen) atoms. The van der Waals surface area contributed by atoms with Crippen molar-refractivity contribution in [2.45, 2.75) is 39.7 Å². The Bertz CT molecular complexity index is 409. The minimum atomic E-state index is 0.245. The van der Waals surface area contributed by atoms with Crippen LogP contribution in [0.3, 0.4) is 0 Å². The van der Waals surface area contributed by atoms with Crippen LogP contribution in [-0.4, -0.2) is 6.04 Å². The average Bonchev–Trinajstić information content (AvgIpc) is 2.43. The highest BCUT2D eigenvalue weighted by Gasteiger charge is 2.08. The molecule has 0 heterocycles. The second-order valence-corrected chi connectivity index (χ2v) is 5.01. The van der Waals surface area contributed by atoms with E-state index in [1.165, 1.54) is 5.57 Å². The summed E-state index contributed by atoms with van der Waals surface area (Å²) in [5, 5.41) is 3.41. The van der Waals surface area contributed by atoms with Crippen LogP contribution in [0.4, 0.5) is 0 Å². The Hall–Kier alpha value is -1.76. The summed E-state index contributed by atoms with van der Waals surface area (Å²) in [6, 6.07) is 0.245. The van der Waals surface area contributed by atoms with Crippen molar-refractivity contribution in [3.05, 3.63) is 73.5 Å². The van der Waals surface area contributed by atoms with E-state index >= 15 is 0 Å². The van der Waals surface area contributed by atoms with E-state index in [2.05, 4.69) is 58.5 Å². The zero-order chi connectivity index (χ0) is 15.5. The van der Waals surface area contributed by atoms with Gasteiger partial charge in [0.25, 0.3) is 0 Å². The molecule has 0 fully saturated rings. The summed E-state index contributed by atoms with van der Waals surface area (Å²) in [6.07, 6.45) is 11.9. The summed E-state index contributed by atoms with van der Waals surface area (Å²) in [5.74, 6) is 0.563. The highest BCUT2D eigenvalue weighted by Crippen LogP contribution is 2.16. The largest absolute Gasteiger partial charge is 0.379 e. The molecule has 110 valence electrons. The first-order valence-electron chi connectivity index (χ1n) is 7.20. The van der Waals surface area contributed by atoms with E-state index in [0.717, 1.165) is 24.1 Å². The molecule has 0 rings (SSSR count). The number of hydrogen-bond acceptors (Lipinski definition) is 1. The Morgan fingerprint density at radius 3 is 2.35 bits per heavy atom. The Morgan fingerprint density at radius 2 is 1.90 bits per heavy atom. The maximum Gasteiger partial charge on any atom is 0.0442 e. The first-order chi connectivity index (χ1) is 9.49. The normalized spacial score (nSPS) is 15.2. The van der Waals surface area contributed by atoms with Gasteiger partial charge in [0.05, 0.1) is 0 Å². The van der Waals surface area contributed by atoms with Gasteiger partial charge in [-0.1, -0.05) is 62.6 Å². The van der Waals surface area contributed by atoms with Crippen molar-refractivity contribution in [3.63, 3.8) is 0 Å². The Balaban J connectivity index is 4.78. The minimum Gasteiger partial charge on any atom is -0.379 e. The molecule has 1 nitrogen and oxygen atoms in total. The van der Waals surface area contributed by atoms with E-state index in [0.29, 0.717) is 5.92 Å². The molecule has 2 atom stereocenters. The van der Waals surface area contributed by atoms with Crippen molar-refractivity contribution in [3.8, 4) is 0 Å². The third-order valence-electron chi connectivity index (χ3n) is 3.43. The maximum atomic E-state index is 4.06. The van der Waals surface area contributed by atoms with Crippen molar-refractivity contribution >= 4 is 0 Å². The van der Waals surface area contributed by atoms with Crippen LogP contribution in [0.2, 0.25) is 0 Å². The van der Waals surface area contributed by atoms with Crippen LogP contribution in [0.5, 0.6) is 0 Å². The smallest absolute Gasteiger partial charge is 0.0442 e. The van der Waals surface area contributed by atoms with E-state index in [1.54, 1.807) is 12.2 Å². The van der Waals surface area contributed by atoms with Crippen molar-refractivity contribution < 1.29 is 0 Å². The van der Waals surface area contributed by atoms with Gasteiger partial charge >= 0.3 is 0 Å². The van der Waals surface area contributed by atoms with E-state index in [9.17, 15) is 0 Å². The predicted molar refractivity (Wildman–Crippen MR) is 92.6 cm³/mol. The summed E-state index contributed by atoms with van der Waals surface area (Å²) in [7, 11) is 0. The monoisotopic (exact) mass is 271 g/mol. The first-order valence-corrected chi connectivity index (χ1v) is 7.20. The molecule has 0 aromatic carbocycles. The molecule has 0 aliphatic carbocycles. The lowest BCUT2D eigenvalue weighted by atomic mass is 9.97. The fourth-order valence-corrected chi connectivity index (χ4v) is 1.96. The van der Waals surface area contributed by atoms with Gasteiger partial charge in [-0.15, -0.1) is 6.58 Å². The summed E-state index contributed by atoms with van der Waals surface area (Å²) in [6.45, 7) is 21.9. The molecule has 0 aliphatic heterocycles. The number of allylic oxidation sites excluding steroid dienone is 5. The average molecular weight is 271 g/mol. The third kappa shape index (κ3) is 6.42. The van der Waals surface area contributed by atoms with Crippen molar-refractivity contribution in [2.75, 3.05) is 0 Å². The molecule has 0 saturated heterocycles. The van der Waals surface area contributed by atoms with Crippen LogP contribution in [0.25, 0.3) is 0 Å². The van der Waals surface area contributed by atoms with Crippen LogP contribution in [0, 0.1) is 5.92 Å². The summed E-state index contributed by atoms with van der Waals surface area (Å²) in [5.41, 5.74) is 3.16. The maximum absolute atomic E-state index is 4.06. The van der Waals surface area contributed by atoms with Crippen LogP contribution >= 0.6 is 0 Å². The fourth-order valence-electron chi connectivity index (χ4n) is 1.96. The van der Waals surface area contributed by atoms with Gasteiger partial charge in [-0.3, -0.25) is 0 Å². The lowest BCUT2D eigenvalue weighted by Gasteiger charge is -2.20. The Kier molecular flexibility index (Phi) is 9.19. The summed E-state index contributed by atoms with van der Waals surface area (Å²) < 4.78 is 0. The zero-order valence-corrected chi connectivity index (χ0v) is 13.3. The van der Waals surface area contributed by atoms with Gasteiger partial charge in [-0.25, -0.2) is 0 Å². The molecular weight excluding hydrogens is 242 g/mol. The molecule has 0 bridgehead atoms. The molecule has 1 heteroatoms. The van der Waals surface area contributed by atoms with E-state index in [4.69, 9.17) is 0 Å². The zero-order valence-electron chi connectivity index (χ0n) is 13.3. The van der Waals surface area contributed by atoms with Crippen LogP contribution in [0.15, 0.2) is 73.5 Å². The quantitative estimate of drug-likeness (QED) is 0.418. The van der Waals surface area contributed by atoms with Gasteiger partial charge in [-0.05, 0) is 38.2 Å². The highest BCUT2D eigenvalue weighted by atomic mass is 14.9. The fraction of sp³-hybridized carbons (Fsp3) is 0.368. The molecule has 0 amide bonds. The molecule has 0 aliphatic rings. The molecule has 0 radical (unpaired) electrons. The molecule has 2 unspecified atom stereocenters. The topological polar surface area (TPSA) is 12.0 Å². The molecule has 0 aromatic rings. The standard InChI is InChI=1S/C19H29N/c1-8-12-18(10-3)14-15(5)16(6)20-17(7)19(11-4)13-9-2/h8-9,11,13-14,16,18,20H,1-2,4,7,10,12H2,3,5-6H3/b15-14+,19-13+. The molecular formula is C19H29N. The molecule has 0 saturated carbocycles. The van der Waals surface area contributed by atoms with Gasteiger partial charge in [-0.2, -0.15) is 0 Å². The number of hydrogen-bond donors (Lipinski definition) is 1. The van der Waals surface area contributed by atoms with Crippen LogP contribution in [-0.2, 0) is 0 Å². The van der Waals surface area contributed by atoms with E-state index in [-0.39, 0.29) is 6.04 Å². The van der Waals surface area contributed by atoms with Gasteiger partial charge in [0.1, 0.15) is 0 Å². The van der Waals surface area contributed by atoms with Crippen molar-refractivity contribution in [1.82, 2.24) is 5.32 Å². The summed E-state index contributed by atoms with van der Waals surface area (Å²) in [4.78, 5) is 0. The second-order valence-electron chi connectivity index (χ2n) is 5.01. The third-order valence-corrected chi connectivity index (χ3v) is 3.43. The highest BCUT2D eigenvalue weighted by molar-refractivity contribution is 5.38. The van der Waals surface area contributed by atoms with Crippen LogP contribution < -0.4 is 5.32 Å². The van der Waals surface area contributed by atoms with Gasteiger partial charge in [0.2, 0.25) is 0 Å². The van der Waals surface area contributed by atoms with Gasteiger partial charge in [0.15, 0.2) is 0 Å². The van der Waals surface area contributed by atoms with Gasteiger partial charge < -0.3 is 5.32 Å². The van der Waals surface area contributed by atoms with Gasteiger partial charge in [0, 0.05) is 11.7 Å². The van der Waals surface area contributed by atoms with Crippen molar-refractivity contribution in [1.29, 1.82) is 0 Å². The van der Waals surface area contributed by atoms with Crippen molar-refractivity contribution in [2.24, 2.45) is 5.92 Å². The Morgan fingerprint density at radius 1 is 1.25 bits per heavy atom. The Labute approximate surface area is 125 Å². The van der Waals surface area contributed by atoms with E-state index in [1.807, 2.05) is 12.2 Å². The van der Waals surface area contributed by atoms with Crippen LogP contribution in [0.1, 0.15) is 33.6 Å². The SMILES string of the molecule is C=C/C=C(\C=C)C(=C)NC(C)/C(C)=C/C(CC)CC=C. The molecule has 0 spiro atoms. The minimum absolute atomic E-state index is 0.245.